The van der Waals surface area contributed by atoms with Crippen LogP contribution in [0.2, 0.25) is 0 Å². The van der Waals surface area contributed by atoms with Crippen molar-refractivity contribution in [2.24, 2.45) is 5.92 Å². The lowest BCUT2D eigenvalue weighted by Crippen LogP contribution is -2.42. The molecule has 1 N–H and O–H groups in total. The molecule has 0 saturated carbocycles. The first-order valence-corrected chi connectivity index (χ1v) is 8.79. The lowest BCUT2D eigenvalue weighted by atomic mass is 9.95. The molecule has 1 heterocycles. The van der Waals surface area contributed by atoms with Crippen molar-refractivity contribution in [3.8, 4) is 6.07 Å². The predicted molar refractivity (Wildman–Crippen MR) is 99.2 cm³/mol. The zero-order valence-electron chi connectivity index (χ0n) is 14.5. The molecule has 2 aromatic rings. The van der Waals surface area contributed by atoms with Gasteiger partial charge in [-0.3, -0.25) is 9.59 Å². The second-order valence-corrected chi connectivity index (χ2v) is 6.46. The van der Waals surface area contributed by atoms with Crippen molar-refractivity contribution in [2.45, 2.75) is 19.3 Å². The van der Waals surface area contributed by atoms with Crippen molar-refractivity contribution in [2.75, 3.05) is 18.4 Å². The standard InChI is InChI=1S/C21H21N3O2/c22-15-18-8-4-5-9-19(18)23-21(26)17-10-12-24(13-11-17)20(25)14-16-6-2-1-3-7-16/h1-9,17H,10-14H2,(H,23,26). The molecular formula is C21H21N3O2. The van der Waals surface area contributed by atoms with Crippen LogP contribution in [0, 0.1) is 17.2 Å². The molecule has 1 saturated heterocycles. The van der Waals surface area contributed by atoms with E-state index in [4.69, 9.17) is 5.26 Å². The number of nitrogens with one attached hydrogen (secondary N) is 1. The van der Waals surface area contributed by atoms with E-state index >= 15 is 0 Å². The van der Waals surface area contributed by atoms with E-state index in [1.165, 1.54) is 0 Å². The van der Waals surface area contributed by atoms with Gasteiger partial charge < -0.3 is 10.2 Å². The molecular weight excluding hydrogens is 326 g/mol. The monoisotopic (exact) mass is 347 g/mol. The number of hydrogen-bond donors (Lipinski definition) is 1. The van der Waals surface area contributed by atoms with E-state index in [1.807, 2.05) is 35.2 Å². The van der Waals surface area contributed by atoms with Gasteiger partial charge in [-0.15, -0.1) is 0 Å². The van der Waals surface area contributed by atoms with Crippen LogP contribution in [0.4, 0.5) is 5.69 Å². The second-order valence-electron chi connectivity index (χ2n) is 6.46. The van der Waals surface area contributed by atoms with Gasteiger partial charge in [-0.1, -0.05) is 42.5 Å². The summed E-state index contributed by atoms with van der Waals surface area (Å²) in [6.45, 7) is 1.17. The minimum Gasteiger partial charge on any atom is -0.342 e. The summed E-state index contributed by atoms with van der Waals surface area (Å²) in [6, 6.07) is 18.7. The number of para-hydroxylation sites is 1. The maximum Gasteiger partial charge on any atom is 0.227 e. The number of piperidine rings is 1. The molecule has 5 heteroatoms. The molecule has 1 fully saturated rings. The normalized spacial score (nSPS) is 14.5. The Hall–Kier alpha value is -3.13. The van der Waals surface area contributed by atoms with Gasteiger partial charge in [0.1, 0.15) is 6.07 Å². The number of carbonyl (C=O) groups excluding carboxylic acids is 2. The van der Waals surface area contributed by atoms with E-state index in [-0.39, 0.29) is 17.7 Å². The third-order valence-corrected chi connectivity index (χ3v) is 4.72. The fraction of sp³-hybridized carbons (Fsp3) is 0.286. The number of amides is 2. The Morgan fingerprint density at radius 2 is 1.69 bits per heavy atom. The van der Waals surface area contributed by atoms with Gasteiger partial charge in [0.05, 0.1) is 17.7 Å². The average Bonchev–Trinajstić information content (AvgIpc) is 2.69. The largest absolute Gasteiger partial charge is 0.342 e. The molecule has 0 aliphatic carbocycles. The van der Waals surface area contributed by atoms with Gasteiger partial charge >= 0.3 is 0 Å². The van der Waals surface area contributed by atoms with E-state index in [9.17, 15) is 9.59 Å². The Morgan fingerprint density at radius 1 is 1.04 bits per heavy atom. The maximum absolute atomic E-state index is 12.5. The second kappa shape index (κ2) is 8.30. The number of rotatable bonds is 4. The van der Waals surface area contributed by atoms with Crippen LogP contribution >= 0.6 is 0 Å². The van der Waals surface area contributed by atoms with Crippen LogP contribution in [0.15, 0.2) is 54.6 Å². The first kappa shape index (κ1) is 17.7. The molecule has 5 nitrogen and oxygen atoms in total. The van der Waals surface area contributed by atoms with Crippen LogP contribution in [-0.4, -0.2) is 29.8 Å². The average molecular weight is 347 g/mol. The van der Waals surface area contributed by atoms with Crippen LogP contribution in [0.5, 0.6) is 0 Å². The Labute approximate surface area is 153 Å². The number of hydrogen-bond acceptors (Lipinski definition) is 3. The Morgan fingerprint density at radius 3 is 2.38 bits per heavy atom. The Kier molecular flexibility index (Phi) is 5.65. The van der Waals surface area contributed by atoms with E-state index in [2.05, 4.69) is 11.4 Å². The zero-order chi connectivity index (χ0) is 18.4. The van der Waals surface area contributed by atoms with E-state index in [0.29, 0.717) is 43.6 Å². The molecule has 0 bridgehead atoms. The highest BCUT2D eigenvalue weighted by molar-refractivity contribution is 5.94. The molecule has 2 amide bonds. The molecule has 0 unspecified atom stereocenters. The molecule has 0 aromatic heterocycles. The Bertz CT molecular complexity index is 819. The van der Waals surface area contributed by atoms with Gasteiger partial charge in [-0.25, -0.2) is 0 Å². The highest BCUT2D eigenvalue weighted by Gasteiger charge is 2.27. The van der Waals surface area contributed by atoms with Crippen LogP contribution in [0.3, 0.4) is 0 Å². The lowest BCUT2D eigenvalue weighted by Gasteiger charge is -2.31. The quantitative estimate of drug-likeness (QED) is 0.924. The predicted octanol–water partition coefficient (Wildman–Crippen LogP) is 2.98. The molecule has 0 spiro atoms. The Balaban J connectivity index is 1.52. The minimum absolute atomic E-state index is 0.0807. The van der Waals surface area contributed by atoms with Crippen molar-refractivity contribution in [1.82, 2.24) is 4.90 Å². The topological polar surface area (TPSA) is 73.2 Å². The molecule has 3 rings (SSSR count). The fourth-order valence-corrected chi connectivity index (χ4v) is 3.20. The van der Waals surface area contributed by atoms with Gasteiger partial charge in [0.2, 0.25) is 11.8 Å². The molecule has 0 radical (unpaired) electrons. The SMILES string of the molecule is N#Cc1ccccc1NC(=O)C1CCN(C(=O)Cc2ccccc2)CC1. The van der Waals surface area contributed by atoms with Crippen LogP contribution in [-0.2, 0) is 16.0 Å². The molecule has 2 aromatic carbocycles. The summed E-state index contributed by atoms with van der Waals surface area (Å²) in [6.07, 6.45) is 1.68. The van der Waals surface area contributed by atoms with Gasteiger partial charge in [-0.2, -0.15) is 5.26 Å². The van der Waals surface area contributed by atoms with E-state index < -0.39 is 0 Å². The summed E-state index contributed by atoms with van der Waals surface area (Å²) in [5, 5.41) is 12.0. The van der Waals surface area contributed by atoms with Crippen LogP contribution < -0.4 is 5.32 Å². The molecule has 1 aliphatic rings. The number of benzene rings is 2. The first-order chi connectivity index (χ1) is 12.7. The third kappa shape index (κ3) is 4.28. The summed E-state index contributed by atoms with van der Waals surface area (Å²) in [5.74, 6) is -0.115. The van der Waals surface area contributed by atoms with Gasteiger partial charge in [0.25, 0.3) is 0 Å². The summed E-state index contributed by atoms with van der Waals surface area (Å²) in [5.41, 5.74) is 2.00. The number of nitrogens with zero attached hydrogens (tertiary/aromatic N) is 2. The highest BCUT2D eigenvalue weighted by atomic mass is 16.2. The van der Waals surface area contributed by atoms with Crippen molar-refractivity contribution < 1.29 is 9.59 Å². The van der Waals surface area contributed by atoms with Gasteiger partial charge in [0.15, 0.2) is 0 Å². The van der Waals surface area contributed by atoms with Crippen molar-refractivity contribution >= 4 is 17.5 Å². The number of likely N-dealkylation sites (tertiary alicyclic amines) is 1. The van der Waals surface area contributed by atoms with E-state index in [1.54, 1.807) is 24.3 Å². The van der Waals surface area contributed by atoms with Crippen molar-refractivity contribution in [3.63, 3.8) is 0 Å². The minimum atomic E-state index is -0.137. The van der Waals surface area contributed by atoms with Crippen molar-refractivity contribution in [3.05, 3.63) is 65.7 Å². The number of carbonyl (C=O) groups is 2. The van der Waals surface area contributed by atoms with Crippen molar-refractivity contribution in [1.29, 1.82) is 5.26 Å². The number of anilines is 1. The molecule has 0 atom stereocenters. The van der Waals surface area contributed by atoms with Crippen LogP contribution in [0.25, 0.3) is 0 Å². The fourth-order valence-electron chi connectivity index (χ4n) is 3.20. The zero-order valence-corrected chi connectivity index (χ0v) is 14.5. The summed E-state index contributed by atoms with van der Waals surface area (Å²) >= 11 is 0. The first-order valence-electron chi connectivity index (χ1n) is 8.79. The third-order valence-electron chi connectivity index (χ3n) is 4.72. The summed E-state index contributed by atoms with van der Waals surface area (Å²) in [4.78, 5) is 26.7. The van der Waals surface area contributed by atoms with Gasteiger partial charge in [0, 0.05) is 19.0 Å². The lowest BCUT2D eigenvalue weighted by molar-refractivity contribution is -0.133. The molecule has 1 aliphatic heterocycles. The smallest absolute Gasteiger partial charge is 0.227 e. The summed E-state index contributed by atoms with van der Waals surface area (Å²) < 4.78 is 0. The van der Waals surface area contributed by atoms with E-state index in [0.717, 1.165) is 5.56 Å². The highest BCUT2D eigenvalue weighted by Crippen LogP contribution is 2.21. The number of nitriles is 1. The summed E-state index contributed by atoms with van der Waals surface area (Å²) in [7, 11) is 0. The molecule has 26 heavy (non-hydrogen) atoms. The van der Waals surface area contributed by atoms with Crippen LogP contribution in [0.1, 0.15) is 24.0 Å². The maximum atomic E-state index is 12.5. The molecule has 132 valence electrons. The van der Waals surface area contributed by atoms with Gasteiger partial charge in [-0.05, 0) is 30.5 Å².